The van der Waals surface area contributed by atoms with E-state index in [0.717, 1.165) is 25.8 Å². The zero-order valence-electron chi connectivity index (χ0n) is 13.9. The summed E-state index contributed by atoms with van der Waals surface area (Å²) in [5.74, 6) is 0. The summed E-state index contributed by atoms with van der Waals surface area (Å²) in [6.45, 7) is 10.4. The molecule has 120 valence electrons. The summed E-state index contributed by atoms with van der Waals surface area (Å²) in [6.07, 6.45) is 3.85. The molecule has 21 heavy (non-hydrogen) atoms. The van der Waals surface area contributed by atoms with Gasteiger partial charge in [0.05, 0.1) is 6.61 Å². The van der Waals surface area contributed by atoms with Crippen LogP contribution in [0.5, 0.6) is 0 Å². The van der Waals surface area contributed by atoms with E-state index in [1.165, 1.54) is 35.6 Å². The van der Waals surface area contributed by atoms with Crippen molar-refractivity contribution in [2.45, 2.75) is 64.8 Å². The summed E-state index contributed by atoms with van der Waals surface area (Å²) in [6, 6.07) is 5.15. The summed E-state index contributed by atoms with van der Waals surface area (Å²) in [5, 5.41) is 3.52. The first-order valence-corrected chi connectivity index (χ1v) is 8.86. The Morgan fingerprint density at radius 2 is 2.10 bits per heavy atom. The number of hydrogen-bond acceptors (Lipinski definition) is 4. The first-order chi connectivity index (χ1) is 9.94. The average Bonchev–Trinajstić information content (AvgIpc) is 3.01. The van der Waals surface area contributed by atoms with Gasteiger partial charge in [0.1, 0.15) is 0 Å². The van der Waals surface area contributed by atoms with Gasteiger partial charge in [-0.2, -0.15) is 0 Å². The van der Waals surface area contributed by atoms with Gasteiger partial charge >= 0.3 is 0 Å². The molecule has 1 atom stereocenters. The summed E-state index contributed by atoms with van der Waals surface area (Å²) in [4.78, 5) is 5.18. The summed E-state index contributed by atoms with van der Waals surface area (Å²) in [7, 11) is 2.23. The Hall–Kier alpha value is -0.420. The minimum absolute atomic E-state index is 0.175. The van der Waals surface area contributed by atoms with E-state index in [-0.39, 0.29) is 5.54 Å². The quantitative estimate of drug-likeness (QED) is 0.778. The van der Waals surface area contributed by atoms with E-state index in [1.54, 1.807) is 0 Å². The molecule has 1 unspecified atom stereocenters. The lowest BCUT2D eigenvalue weighted by Crippen LogP contribution is -2.34. The molecular weight excluding hydrogens is 280 g/mol. The van der Waals surface area contributed by atoms with Gasteiger partial charge < -0.3 is 15.0 Å². The first kappa shape index (κ1) is 16.9. The van der Waals surface area contributed by atoms with Crippen LogP contribution in [0, 0.1) is 0 Å². The van der Waals surface area contributed by atoms with Gasteiger partial charge in [-0.25, -0.2) is 0 Å². The number of nitrogens with one attached hydrogen (secondary N) is 1. The van der Waals surface area contributed by atoms with Gasteiger partial charge in [-0.15, -0.1) is 11.3 Å². The van der Waals surface area contributed by atoms with E-state index in [2.05, 4.69) is 50.2 Å². The molecule has 3 nitrogen and oxygen atoms in total. The number of likely N-dealkylation sites (tertiary alicyclic amines) is 1. The lowest BCUT2D eigenvalue weighted by molar-refractivity contribution is 0.103. The number of rotatable bonds is 7. The van der Waals surface area contributed by atoms with Crippen LogP contribution in [0.15, 0.2) is 12.1 Å². The van der Waals surface area contributed by atoms with E-state index in [1.807, 2.05) is 11.3 Å². The molecule has 2 rings (SSSR count). The molecule has 1 aliphatic heterocycles. The summed E-state index contributed by atoms with van der Waals surface area (Å²) < 4.78 is 5.85. The maximum atomic E-state index is 5.85. The predicted octanol–water partition coefficient (Wildman–Crippen LogP) is 3.64. The highest BCUT2D eigenvalue weighted by molar-refractivity contribution is 7.11. The number of thiophene rings is 1. The molecule has 1 fully saturated rings. The van der Waals surface area contributed by atoms with Crippen molar-refractivity contribution < 1.29 is 4.74 Å². The second-order valence-corrected chi connectivity index (χ2v) is 8.34. The smallest absolute Gasteiger partial charge is 0.0809 e. The number of ether oxygens (including phenoxy) is 1. The fourth-order valence-corrected chi connectivity index (χ4v) is 3.58. The third kappa shape index (κ3) is 6.07. The molecule has 0 spiro atoms. The van der Waals surface area contributed by atoms with Crippen LogP contribution in [0.25, 0.3) is 0 Å². The van der Waals surface area contributed by atoms with Gasteiger partial charge in [-0.3, -0.25) is 0 Å². The third-order valence-corrected chi connectivity index (χ3v) is 5.08. The van der Waals surface area contributed by atoms with Crippen molar-refractivity contribution >= 4 is 11.3 Å². The first-order valence-electron chi connectivity index (χ1n) is 8.05. The number of hydrogen-bond donors (Lipinski definition) is 1. The molecule has 1 aliphatic rings. The lowest BCUT2D eigenvalue weighted by atomic mass is 10.1. The average molecular weight is 311 g/mol. The van der Waals surface area contributed by atoms with Crippen LogP contribution >= 0.6 is 11.3 Å². The van der Waals surface area contributed by atoms with Crippen LogP contribution in [0.4, 0.5) is 0 Å². The van der Waals surface area contributed by atoms with E-state index in [9.17, 15) is 0 Å². The maximum absolute atomic E-state index is 5.85. The Kier molecular flexibility index (Phi) is 6.23. The molecule has 0 bridgehead atoms. The van der Waals surface area contributed by atoms with Gasteiger partial charge in [-0.1, -0.05) is 0 Å². The number of nitrogens with zero attached hydrogens (tertiary/aromatic N) is 1. The Morgan fingerprint density at radius 1 is 1.33 bits per heavy atom. The van der Waals surface area contributed by atoms with Crippen molar-refractivity contribution in [1.82, 2.24) is 10.2 Å². The van der Waals surface area contributed by atoms with E-state index < -0.39 is 0 Å². The molecule has 0 saturated carbocycles. The Labute approximate surface area is 133 Å². The van der Waals surface area contributed by atoms with Crippen molar-refractivity contribution in [3.8, 4) is 0 Å². The molecule has 4 heteroatoms. The van der Waals surface area contributed by atoms with Crippen molar-refractivity contribution in [2.75, 3.05) is 20.2 Å². The van der Waals surface area contributed by atoms with E-state index in [4.69, 9.17) is 4.74 Å². The van der Waals surface area contributed by atoms with E-state index >= 15 is 0 Å². The molecule has 0 aliphatic carbocycles. The molecule has 0 amide bonds. The highest BCUT2D eigenvalue weighted by Crippen LogP contribution is 2.20. The summed E-state index contributed by atoms with van der Waals surface area (Å²) >= 11 is 1.86. The Morgan fingerprint density at radius 3 is 2.76 bits per heavy atom. The van der Waals surface area contributed by atoms with Gasteiger partial charge in [-0.05, 0) is 65.8 Å². The van der Waals surface area contributed by atoms with Crippen LogP contribution in [0.1, 0.15) is 49.8 Å². The molecule has 1 aromatic rings. The molecular formula is C17H30N2OS. The lowest BCUT2D eigenvalue weighted by Gasteiger charge is -2.19. The highest BCUT2D eigenvalue weighted by atomic mass is 32.1. The highest BCUT2D eigenvalue weighted by Gasteiger charge is 2.20. The van der Waals surface area contributed by atoms with Crippen molar-refractivity contribution in [2.24, 2.45) is 0 Å². The summed E-state index contributed by atoms with van der Waals surface area (Å²) in [5.41, 5.74) is 0.175. The molecule has 0 aromatic carbocycles. The second kappa shape index (κ2) is 7.73. The SMILES string of the molecule is CN1CCCC1CCOCc1ccc(CNC(C)(C)C)s1. The van der Waals surface area contributed by atoms with Gasteiger partial charge in [0.2, 0.25) is 0 Å². The minimum atomic E-state index is 0.175. The molecule has 1 N–H and O–H groups in total. The van der Waals surface area contributed by atoms with Crippen LogP contribution in [-0.2, 0) is 17.9 Å². The predicted molar refractivity (Wildman–Crippen MR) is 90.8 cm³/mol. The zero-order chi connectivity index (χ0) is 15.3. The minimum Gasteiger partial charge on any atom is -0.376 e. The molecule has 1 aromatic heterocycles. The van der Waals surface area contributed by atoms with Crippen LogP contribution < -0.4 is 5.32 Å². The van der Waals surface area contributed by atoms with Gasteiger partial charge in [0, 0.05) is 34.5 Å². The molecule has 2 heterocycles. The topological polar surface area (TPSA) is 24.5 Å². The standard InChI is InChI=1S/C17H30N2OS/c1-17(2,3)18-12-15-7-8-16(21-15)13-20-11-9-14-6-5-10-19(14)4/h7-8,14,18H,5-6,9-13H2,1-4H3. The largest absolute Gasteiger partial charge is 0.376 e. The van der Waals surface area contributed by atoms with Crippen LogP contribution in [0.3, 0.4) is 0 Å². The van der Waals surface area contributed by atoms with Crippen LogP contribution in [-0.4, -0.2) is 36.7 Å². The second-order valence-electron chi connectivity index (χ2n) is 7.09. The fraction of sp³-hybridized carbons (Fsp3) is 0.765. The zero-order valence-corrected chi connectivity index (χ0v) is 14.8. The Balaban J connectivity index is 1.63. The maximum Gasteiger partial charge on any atom is 0.0809 e. The molecule has 0 radical (unpaired) electrons. The van der Waals surface area contributed by atoms with Crippen molar-refractivity contribution in [1.29, 1.82) is 0 Å². The normalized spacial score (nSPS) is 20.3. The van der Waals surface area contributed by atoms with Gasteiger partial charge in [0.15, 0.2) is 0 Å². The van der Waals surface area contributed by atoms with Crippen molar-refractivity contribution in [3.63, 3.8) is 0 Å². The fourth-order valence-electron chi connectivity index (χ4n) is 2.68. The van der Waals surface area contributed by atoms with Gasteiger partial charge in [0.25, 0.3) is 0 Å². The molecule has 1 saturated heterocycles. The van der Waals surface area contributed by atoms with Crippen LogP contribution in [0.2, 0.25) is 0 Å². The van der Waals surface area contributed by atoms with E-state index in [0.29, 0.717) is 0 Å². The third-order valence-electron chi connectivity index (χ3n) is 4.02. The Bertz CT molecular complexity index is 425. The monoisotopic (exact) mass is 310 g/mol. The van der Waals surface area contributed by atoms with Crippen molar-refractivity contribution in [3.05, 3.63) is 21.9 Å².